The topological polar surface area (TPSA) is 84.0 Å². The summed E-state index contributed by atoms with van der Waals surface area (Å²) in [6, 6.07) is 14.6. The summed E-state index contributed by atoms with van der Waals surface area (Å²) in [5.74, 6) is -3.29. The molecule has 2 heterocycles. The predicted molar refractivity (Wildman–Crippen MR) is 130 cm³/mol. The smallest absolute Gasteiger partial charge is 0.238 e. The number of imide groups is 2. The van der Waals surface area contributed by atoms with Crippen molar-refractivity contribution >= 4 is 29.3 Å². The van der Waals surface area contributed by atoms with Gasteiger partial charge in [-0.2, -0.15) is 0 Å². The first-order valence-electron chi connectivity index (χ1n) is 11.9. The Labute approximate surface area is 205 Å². The Kier molecular flexibility index (Phi) is 4.99. The molecule has 3 fully saturated rings. The second kappa shape index (κ2) is 7.51. The third-order valence-electron chi connectivity index (χ3n) is 7.29. The van der Waals surface area contributed by atoms with Crippen molar-refractivity contribution in [2.75, 3.05) is 4.90 Å². The SMILES string of the molecule is CC(C)(C)c1ccc(Oc2ccc(N3C(=O)C4C(C3=O)C3C(=O)N(C(C)(C)C)C(=O)C43)cc2)cc1. The van der Waals surface area contributed by atoms with Crippen molar-refractivity contribution in [2.45, 2.75) is 52.5 Å². The molecule has 3 aliphatic rings. The summed E-state index contributed by atoms with van der Waals surface area (Å²) < 4.78 is 5.92. The van der Waals surface area contributed by atoms with E-state index in [0.717, 1.165) is 4.90 Å². The lowest BCUT2D eigenvalue weighted by molar-refractivity contribution is -0.146. The molecule has 2 aromatic rings. The van der Waals surface area contributed by atoms with Crippen molar-refractivity contribution in [3.8, 4) is 11.5 Å². The van der Waals surface area contributed by atoms with Crippen molar-refractivity contribution in [3.05, 3.63) is 54.1 Å². The van der Waals surface area contributed by atoms with Crippen LogP contribution in [0.2, 0.25) is 0 Å². The molecule has 2 aliphatic heterocycles. The molecular weight excluding hydrogens is 444 g/mol. The van der Waals surface area contributed by atoms with Crippen molar-refractivity contribution < 1.29 is 23.9 Å². The van der Waals surface area contributed by atoms with Crippen molar-refractivity contribution in [3.63, 3.8) is 0 Å². The van der Waals surface area contributed by atoms with Crippen LogP contribution in [0.5, 0.6) is 11.5 Å². The second-order valence-corrected chi connectivity index (χ2v) is 11.7. The van der Waals surface area contributed by atoms with Crippen LogP contribution in [0.4, 0.5) is 5.69 Å². The van der Waals surface area contributed by atoms with E-state index in [4.69, 9.17) is 4.74 Å². The van der Waals surface area contributed by atoms with Gasteiger partial charge in [-0.3, -0.25) is 29.0 Å². The maximum Gasteiger partial charge on any atom is 0.238 e. The Hall–Kier alpha value is -3.48. The number of anilines is 1. The highest BCUT2D eigenvalue weighted by Gasteiger charge is 2.74. The Balaban J connectivity index is 1.33. The summed E-state index contributed by atoms with van der Waals surface area (Å²) in [5.41, 5.74) is 0.977. The highest BCUT2D eigenvalue weighted by Crippen LogP contribution is 2.58. The molecule has 0 spiro atoms. The third-order valence-corrected chi connectivity index (χ3v) is 7.29. The lowest BCUT2D eigenvalue weighted by Crippen LogP contribution is -2.50. The fourth-order valence-corrected chi connectivity index (χ4v) is 5.53. The lowest BCUT2D eigenvalue weighted by atomic mass is 9.59. The molecule has 2 saturated heterocycles. The zero-order valence-corrected chi connectivity index (χ0v) is 20.9. The fourth-order valence-electron chi connectivity index (χ4n) is 5.53. The largest absolute Gasteiger partial charge is 0.457 e. The molecule has 182 valence electrons. The first-order chi connectivity index (χ1) is 16.3. The Bertz CT molecular complexity index is 1190. The average molecular weight is 475 g/mol. The number of likely N-dealkylation sites (tertiary alicyclic amines) is 1. The van der Waals surface area contributed by atoms with E-state index >= 15 is 0 Å². The molecule has 5 rings (SSSR count). The van der Waals surface area contributed by atoms with Crippen LogP contribution >= 0.6 is 0 Å². The summed E-state index contributed by atoms with van der Waals surface area (Å²) in [6.07, 6.45) is 0. The number of rotatable bonds is 3. The molecule has 7 nitrogen and oxygen atoms in total. The standard InChI is InChI=1S/C28H30N2O5/c1-27(2,3)15-7-11-17(12-8-15)35-18-13-9-16(10-14-18)29-23(31)19-20(24(29)32)22-21(19)25(33)30(26(22)34)28(4,5)6/h7-14,19-22H,1-6H3. The summed E-state index contributed by atoms with van der Waals surface area (Å²) in [4.78, 5) is 54.7. The minimum atomic E-state index is -0.770. The molecule has 4 amide bonds. The molecule has 0 N–H and O–H groups in total. The number of hydrogen-bond acceptors (Lipinski definition) is 5. The number of carbonyl (C=O) groups excluding carboxylic acids is 4. The number of hydrogen-bond donors (Lipinski definition) is 0. The van der Waals surface area contributed by atoms with Crippen LogP contribution in [0.1, 0.15) is 47.1 Å². The first-order valence-corrected chi connectivity index (χ1v) is 11.9. The van der Waals surface area contributed by atoms with Crippen LogP contribution in [-0.2, 0) is 24.6 Å². The minimum absolute atomic E-state index is 0.0488. The molecule has 0 aromatic heterocycles. The van der Waals surface area contributed by atoms with Crippen molar-refractivity contribution in [1.82, 2.24) is 4.90 Å². The number of nitrogens with zero attached hydrogens (tertiary/aromatic N) is 2. The fraction of sp³-hybridized carbons (Fsp3) is 0.429. The molecule has 1 saturated carbocycles. The van der Waals surface area contributed by atoms with Crippen LogP contribution in [-0.4, -0.2) is 34.1 Å². The van der Waals surface area contributed by atoms with Gasteiger partial charge in [0.1, 0.15) is 11.5 Å². The Morgan fingerprint density at radius 2 is 1.00 bits per heavy atom. The van der Waals surface area contributed by atoms with Gasteiger partial charge in [0, 0.05) is 5.54 Å². The van der Waals surface area contributed by atoms with Gasteiger partial charge in [-0.1, -0.05) is 32.9 Å². The van der Waals surface area contributed by atoms with Gasteiger partial charge in [0.15, 0.2) is 0 Å². The van der Waals surface area contributed by atoms with Gasteiger partial charge in [-0.05, 0) is 68.1 Å². The van der Waals surface area contributed by atoms with Gasteiger partial charge in [-0.15, -0.1) is 0 Å². The van der Waals surface area contributed by atoms with Gasteiger partial charge < -0.3 is 4.74 Å². The van der Waals surface area contributed by atoms with E-state index in [2.05, 4.69) is 20.8 Å². The van der Waals surface area contributed by atoms with Crippen LogP contribution in [0.3, 0.4) is 0 Å². The van der Waals surface area contributed by atoms with Gasteiger partial charge in [0.25, 0.3) is 0 Å². The monoisotopic (exact) mass is 474 g/mol. The first kappa shape index (κ1) is 23.3. The van der Waals surface area contributed by atoms with E-state index in [1.54, 1.807) is 45.0 Å². The van der Waals surface area contributed by atoms with Crippen molar-refractivity contribution in [2.24, 2.45) is 23.7 Å². The predicted octanol–water partition coefficient (Wildman–Crippen LogP) is 4.30. The zero-order chi connectivity index (χ0) is 25.4. The maximum atomic E-state index is 13.2. The van der Waals surface area contributed by atoms with Crippen LogP contribution < -0.4 is 9.64 Å². The highest BCUT2D eigenvalue weighted by molar-refractivity contribution is 6.27. The maximum absolute atomic E-state index is 13.2. The quantitative estimate of drug-likeness (QED) is 0.620. The van der Waals surface area contributed by atoms with E-state index in [1.807, 2.05) is 24.3 Å². The third kappa shape index (κ3) is 3.48. The highest BCUT2D eigenvalue weighted by atomic mass is 16.5. The molecule has 4 unspecified atom stereocenters. The van der Waals surface area contributed by atoms with E-state index in [-0.39, 0.29) is 17.2 Å². The molecule has 1 aliphatic carbocycles. The van der Waals surface area contributed by atoms with E-state index < -0.39 is 41.0 Å². The molecule has 7 heteroatoms. The minimum Gasteiger partial charge on any atom is -0.457 e. The number of ether oxygens (including phenoxy) is 1. The number of benzene rings is 2. The lowest BCUT2D eigenvalue weighted by Gasteiger charge is -2.36. The van der Waals surface area contributed by atoms with E-state index in [1.165, 1.54) is 10.5 Å². The number of fused-ring (bicyclic) bond motifs is 4. The van der Waals surface area contributed by atoms with Crippen LogP contribution in [0.15, 0.2) is 48.5 Å². The molecule has 4 atom stereocenters. The number of carbonyl (C=O) groups is 4. The summed E-state index contributed by atoms with van der Waals surface area (Å²) in [6.45, 7) is 11.8. The van der Waals surface area contributed by atoms with Gasteiger partial charge in [-0.25, -0.2) is 0 Å². The van der Waals surface area contributed by atoms with Gasteiger partial charge >= 0.3 is 0 Å². The van der Waals surface area contributed by atoms with E-state index in [0.29, 0.717) is 17.2 Å². The van der Waals surface area contributed by atoms with E-state index in [9.17, 15) is 19.2 Å². The molecule has 0 radical (unpaired) electrons. The molecule has 2 aromatic carbocycles. The average Bonchev–Trinajstić information content (AvgIpc) is 3.06. The molecular formula is C28H30N2O5. The summed E-state index contributed by atoms with van der Waals surface area (Å²) in [7, 11) is 0. The van der Waals surface area contributed by atoms with Crippen LogP contribution in [0.25, 0.3) is 0 Å². The summed E-state index contributed by atoms with van der Waals surface area (Å²) in [5, 5.41) is 0. The van der Waals surface area contributed by atoms with Crippen molar-refractivity contribution in [1.29, 1.82) is 0 Å². The normalized spacial score (nSPS) is 26.1. The Morgan fingerprint density at radius 3 is 1.40 bits per heavy atom. The van der Waals surface area contributed by atoms with Gasteiger partial charge in [0.05, 0.1) is 29.4 Å². The second-order valence-electron chi connectivity index (χ2n) is 11.7. The summed E-state index contributed by atoms with van der Waals surface area (Å²) >= 11 is 0. The zero-order valence-electron chi connectivity index (χ0n) is 20.9. The number of amides is 4. The molecule has 35 heavy (non-hydrogen) atoms. The van der Waals surface area contributed by atoms with Gasteiger partial charge in [0.2, 0.25) is 23.6 Å². The Morgan fingerprint density at radius 1 is 0.600 bits per heavy atom. The molecule has 0 bridgehead atoms. The van der Waals surface area contributed by atoms with Crippen LogP contribution in [0, 0.1) is 23.7 Å².